The van der Waals surface area contributed by atoms with Gasteiger partial charge in [0.05, 0.1) is 0 Å². The van der Waals surface area contributed by atoms with Crippen molar-refractivity contribution in [1.29, 1.82) is 0 Å². The second-order valence-corrected chi connectivity index (χ2v) is 4.29. The van der Waals surface area contributed by atoms with E-state index in [1.807, 2.05) is 18.8 Å². The minimum atomic E-state index is 0.377. The Morgan fingerprint density at radius 2 is 2.67 bits per heavy atom. The topological polar surface area (TPSA) is 20.3 Å². The SMILES string of the molecule is CN1CCSC1SC=O. The summed E-state index contributed by atoms with van der Waals surface area (Å²) in [4.78, 5) is 12.2. The Morgan fingerprint density at radius 3 is 3.11 bits per heavy atom. The normalized spacial score (nSPS) is 28.8. The summed E-state index contributed by atoms with van der Waals surface area (Å²) in [7, 11) is 2.04. The molecule has 52 valence electrons. The fourth-order valence-corrected chi connectivity index (χ4v) is 2.82. The predicted molar refractivity (Wildman–Crippen MR) is 43.2 cm³/mol. The van der Waals surface area contributed by atoms with E-state index in [-0.39, 0.29) is 0 Å². The average molecular weight is 163 g/mol. The standard InChI is InChI=1S/C5H9NOS2/c1-6-2-3-8-5(6)9-4-7/h4-5H,2-3H2,1H3. The lowest BCUT2D eigenvalue weighted by Gasteiger charge is -2.13. The third-order valence-electron chi connectivity index (χ3n) is 1.24. The van der Waals surface area contributed by atoms with Crippen molar-refractivity contribution in [3.05, 3.63) is 0 Å². The van der Waals surface area contributed by atoms with Crippen molar-refractivity contribution in [2.75, 3.05) is 19.3 Å². The van der Waals surface area contributed by atoms with E-state index >= 15 is 0 Å². The van der Waals surface area contributed by atoms with Gasteiger partial charge in [-0.2, -0.15) is 0 Å². The van der Waals surface area contributed by atoms with E-state index in [2.05, 4.69) is 4.90 Å². The summed E-state index contributed by atoms with van der Waals surface area (Å²) in [6.07, 6.45) is 0. The first kappa shape index (κ1) is 7.44. The van der Waals surface area contributed by atoms with E-state index in [9.17, 15) is 4.79 Å². The number of nitrogens with zero attached hydrogens (tertiary/aromatic N) is 1. The van der Waals surface area contributed by atoms with E-state index in [1.54, 1.807) is 0 Å². The Balaban J connectivity index is 2.30. The number of rotatable bonds is 2. The van der Waals surface area contributed by atoms with Gasteiger partial charge in [0, 0.05) is 12.3 Å². The van der Waals surface area contributed by atoms with Gasteiger partial charge in [-0.05, 0) is 7.05 Å². The first-order valence-corrected chi connectivity index (χ1v) is 4.74. The van der Waals surface area contributed by atoms with E-state index in [4.69, 9.17) is 0 Å². The van der Waals surface area contributed by atoms with Crippen LogP contribution in [0.4, 0.5) is 0 Å². The molecule has 0 amide bonds. The molecule has 1 rings (SSSR count). The molecule has 9 heavy (non-hydrogen) atoms. The number of hydrogen-bond acceptors (Lipinski definition) is 4. The summed E-state index contributed by atoms with van der Waals surface area (Å²) in [5.74, 6) is 1.15. The lowest BCUT2D eigenvalue weighted by molar-refractivity contribution is 0.417. The second-order valence-electron chi connectivity index (χ2n) is 1.89. The van der Waals surface area contributed by atoms with Gasteiger partial charge in [-0.1, -0.05) is 11.8 Å². The second kappa shape index (κ2) is 3.49. The molecule has 1 saturated heterocycles. The van der Waals surface area contributed by atoms with Crippen LogP contribution in [0.1, 0.15) is 0 Å². The van der Waals surface area contributed by atoms with Gasteiger partial charge in [0.2, 0.25) is 0 Å². The summed E-state index contributed by atoms with van der Waals surface area (Å²) in [6.45, 7) is 1.11. The molecule has 0 saturated carbocycles. The van der Waals surface area contributed by atoms with Crippen LogP contribution >= 0.6 is 23.5 Å². The van der Waals surface area contributed by atoms with Gasteiger partial charge in [0.25, 0.3) is 0 Å². The Labute approximate surface area is 63.4 Å². The molecule has 0 spiro atoms. The van der Waals surface area contributed by atoms with Crippen LogP contribution in [0, 0.1) is 0 Å². The van der Waals surface area contributed by atoms with Crippen LogP contribution in [-0.2, 0) is 4.79 Å². The molecule has 4 heteroatoms. The zero-order valence-corrected chi connectivity index (χ0v) is 6.87. The van der Waals surface area contributed by atoms with Crippen molar-refractivity contribution < 1.29 is 4.79 Å². The van der Waals surface area contributed by atoms with Crippen LogP contribution in [0.15, 0.2) is 0 Å². The average Bonchev–Trinajstić information content (AvgIpc) is 2.18. The lowest BCUT2D eigenvalue weighted by atomic mass is 10.7. The highest BCUT2D eigenvalue weighted by atomic mass is 32.2. The molecule has 1 heterocycles. The summed E-state index contributed by atoms with van der Waals surface area (Å²) in [5, 5.41) is 0. The Hall–Kier alpha value is 0.330. The molecule has 1 fully saturated rings. The van der Waals surface area contributed by atoms with Crippen molar-refractivity contribution in [1.82, 2.24) is 4.90 Å². The zero-order valence-electron chi connectivity index (χ0n) is 5.24. The highest BCUT2D eigenvalue weighted by Gasteiger charge is 2.20. The van der Waals surface area contributed by atoms with Crippen molar-refractivity contribution in [2.45, 2.75) is 4.71 Å². The molecule has 0 radical (unpaired) electrons. The van der Waals surface area contributed by atoms with Crippen molar-refractivity contribution in [2.24, 2.45) is 0 Å². The number of thioether (sulfide) groups is 2. The molecule has 1 atom stereocenters. The van der Waals surface area contributed by atoms with Gasteiger partial charge in [-0.15, -0.1) is 11.8 Å². The number of carbonyl (C=O) groups excluding carboxylic acids is 1. The van der Waals surface area contributed by atoms with Crippen molar-refractivity contribution in [3.8, 4) is 0 Å². The fraction of sp³-hybridized carbons (Fsp3) is 0.800. The highest BCUT2D eigenvalue weighted by Crippen LogP contribution is 2.29. The first-order chi connectivity index (χ1) is 4.34. The lowest BCUT2D eigenvalue weighted by Crippen LogP contribution is -2.20. The summed E-state index contributed by atoms with van der Waals surface area (Å²) in [5.41, 5.74) is 0.916. The summed E-state index contributed by atoms with van der Waals surface area (Å²) < 4.78 is 0.377. The third kappa shape index (κ3) is 1.88. The molecule has 1 aliphatic heterocycles. The molecule has 0 aliphatic carbocycles. The first-order valence-electron chi connectivity index (χ1n) is 2.75. The summed E-state index contributed by atoms with van der Waals surface area (Å²) in [6, 6.07) is 0. The van der Waals surface area contributed by atoms with Crippen molar-refractivity contribution >= 4 is 29.1 Å². The van der Waals surface area contributed by atoms with Gasteiger partial charge in [0.15, 0.2) is 5.62 Å². The summed E-state index contributed by atoms with van der Waals surface area (Å²) >= 11 is 3.19. The molecular formula is C5H9NOS2. The quantitative estimate of drug-likeness (QED) is 0.563. The van der Waals surface area contributed by atoms with E-state index in [0.29, 0.717) is 4.71 Å². The van der Waals surface area contributed by atoms with E-state index in [1.165, 1.54) is 11.8 Å². The highest BCUT2D eigenvalue weighted by molar-refractivity contribution is 8.23. The van der Waals surface area contributed by atoms with E-state index in [0.717, 1.165) is 17.9 Å². The largest absolute Gasteiger partial charge is 0.291 e. The van der Waals surface area contributed by atoms with Gasteiger partial charge in [-0.3, -0.25) is 9.69 Å². The van der Waals surface area contributed by atoms with Crippen LogP contribution in [0.3, 0.4) is 0 Å². The van der Waals surface area contributed by atoms with Crippen LogP contribution in [0.25, 0.3) is 0 Å². The van der Waals surface area contributed by atoms with Crippen LogP contribution < -0.4 is 0 Å². The molecule has 0 aromatic heterocycles. The Kier molecular flexibility index (Phi) is 2.88. The number of carbonyl (C=O) groups is 1. The molecular weight excluding hydrogens is 154 g/mol. The smallest absolute Gasteiger partial charge is 0.178 e. The van der Waals surface area contributed by atoms with E-state index < -0.39 is 0 Å². The maximum absolute atomic E-state index is 10.0. The van der Waals surface area contributed by atoms with Crippen LogP contribution in [-0.4, -0.2) is 34.6 Å². The molecule has 0 aromatic rings. The Bertz CT molecular complexity index is 109. The minimum Gasteiger partial charge on any atom is -0.291 e. The maximum Gasteiger partial charge on any atom is 0.178 e. The minimum absolute atomic E-state index is 0.377. The van der Waals surface area contributed by atoms with Crippen LogP contribution in [0.2, 0.25) is 0 Å². The van der Waals surface area contributed by atoms with Gasteiger partial charge < -0.3 is 0 Å². The zero-order chi connectivity index (χ0) is 6.69. The van der Waals surface area contributed by atoms with Crippen molar-refractivity contribution in [3.63, 3.8) is 0 Å². The van der Waals surface area contributed by atoms with Gasteiger partial charge in [0.1, 0.15) is 4.71 Å². The van der Waals surface area contributed by atoms with Gasteiger partial charge >= 0.3 is 0 Å². The third-order valence-corrected chi connectivity index (χ3v) is 3.75. The predicted octanol–water partition coefficient (Wildman–Crippen LogP) is 0.872. The Morgan fingerprint density at radius 1 is 1.89 bits per heavy atom. The maximum atomic E-state index is 10.0. The molecule has 0 N–H and O–H groups in total. The fourth-order valence-electron chi connectivity index (χ4n) is 0.721. The van der Waals surface area contributed by atoms with Crippen LogP contribution in [0.5, 0.6) is 0 Å². The molecule has 1 unspecified atom stereocenters. The molecule has 0 bridgehead atoms. The molecule has 0 aromatic carbocycles. The monoisotopic (exact) mass is 163 g/mol. The van der Waals surface area contributed by atoms with Gasteiger partial charge in [-0.25, -0.2) is 0 Å². The number of hydrogen-bond donors (Lipinski definition) is 0. The molecule has 2 nitrogen and oxygen atoms in total. The molecule has 1 aliphatic rings.